The third-order valence-electron chi connectivity index (χ3n) is 9.85. The molecule has 3 aliphatic heterocycles. The highest BCUT2D eigenvalue weighted by Crippen LogP contribution is 2.36. The molecule has 3 heterocycles. The molecular weight excluding hydrogens is 723 g/mol. The van der Waals surface area contributed by atoms with E-state index in [2.05, 4.69) is 90.7 Å². The Bertz CT molecular complexity index is 1460. The van der Waals surface area contributed by atoms with Crippen molar-refractivity contribution in [1.82, 2.24) is 20.4 Å². The van der Waals surface area contributed by atoms with Crippen molar-refractivity contribution in [2.24, 2.45) is 0 Å². The summed E-state index contributed by atoms with van der Waals surface area (Å²) in [5.41, 5.74) is 1.97. The van der Waals surface area contributed by atoms with Gasteiger partial charge in [0.1, 0.15) is 11.2 Å². The van der Waals surface area contributed by atoms with Crippen LogP contribution in [-0.4, -0.2) is 89.8 Å². The van der Waals surface area contributed by atoms with E-state index in [-0.39, 0.29) is 30.5 Å². The molecule has 2 aromatic rings. The van der Waals surface area contributed by atoms with Gasteiger partial charge in [-0.15, -0.1) is 0 Å². The summed E-state index contributed by atoms with van der Waals surface area (Å²) in [6.07, 6.45) is 3.38. The van der Waals surface area contributed by atoms with Gasteiger partial charge in [-0.3, -0.25) is 0 Å². The number of carbonyl (C=O) groups is 2. The van der Waals surface area contributed by atoms with Crippen LogP contribution < -0.4 is 16.1 Å². The first-order chi connectivity index (χ1) is 24.2. The van der Waals surface area contributed by atoms with Gasteiger partial charge in [0.15, 0.2) is 0 Å². The van der Waals surface area contributed by atoms with Crippen molar-refractivity contribution in [2.75, 3.05) is 26.2 Å². The van der Waals surface area contributed by atoms with E-state index in [1.807, 2.05) is 63.5 Å². The van der Waals surface area contributed by atoms with E-state index in [4.69, 9.17) is 18.8 Å². The summed E-state index contributed by atoms with van der Waals surface area (Å²) < 4.78 is 24.3. The Kier molecular flexibility index (Phi) is 14.3. The number of benzene rings is 2. The second kappa shape index (κ2) is 17.7. The first-order valence-electron chi connectivity index (χ1n) is 18.8. The van der Waals surface area contributed by atoms with E-state index in [0.717, 1.165) is 74.9 Å². The number of hydrogen-bond donors (Lipinski definition) is 2. The Balaban J connectivity index is 0.000000244. The zero-order chi connectivity index (χ0) is 38.3. The molecule has 2 amide bonds. The summed E-state index contributed by atoms with van der Waals surface area (Å²) in [6, 6.07) is 17.6. The molecule has 3 fully saturated rings. The van der Waals surface area contributed by atoms with Gasteiger partial charge in [-0.25, -0.2) is 9.59 Å². The summed E-state index contributed by atoms with van der Waals surface area (Å²) in [6.45, 7) is 24.3. The molecule has 10 nitrogen and oxygen atoms in total. The highest BCUT2D eigenvalue weighted by atomic mass is 79.9. The van der Waals surface area contributed by atoms with E-state index < -0.39 is 11.2 Å². The van der Waals surface area contributed by atoms with Crippen LogP contribution in [0.25, 0.3) is 0 Å². The number of rotatable bonds is 7. The number of nitrogens with one attached hydrogen (secondary N) is 2. The number of amides is 2. The van der Waals surface area contributed by atoms with Crippen LogP contribution in [0.1, 0.15) is 106 Å². The average Bonchev–Trinajstić information content (AvgIpc) is 3.28. The number of likely N-dealkylation sites (tertiary alicyclic amines) is 2. The molecule has 2 N–H and O–H groups in total. The fraction of sp³-hybridized carbons (Fsp3) is 0.650. The minimum absolute atomic E-state index is 0.196. The highest BCUT2D eigenvalue weighted by Gasteiger charge is 2.51. The number of piperidine rings is 2. The standard InChI is InChI=1S/C23H37BN2O4.C17H25BrN2O2/c1-21(2,3)28-20(27)26-13-11-19(12-14-26)25-16-17-9-8-10-18(15-17)24-29-22(4,5)23(6,7)30-24;1-17(2,3)22-16(21)20-9-7-15(8-10-20)19-12-13-5-4-6-14(18)11-13/h8-10,15,19,25H,11-14,16H2,1-7H3;4-6,11,15,19H,7-10,12H2,1-3H3. The van der Waals surface area contributed by atoms with Crippen molar-refractivity contribution in [3.05, 3.63) is 64.1 Å². The molecular formula is C40H62BBrN4O6. The van der Waals surface area contributed by atoms with Crippen LogP contribution in [0.3, 0.4) is 0 Å². The number of halogens is 1. The fourth-order valence-corrected chi connectivity index (χ4v) is 6.63. The van der Waals surface area contributed by atoms with Gasteiger partial charge in [-0.2, -0.15) is 0 Å². The van der Waals surface area contributed by atoms with Crippen molar-refractivity contribution in [2.45, 2.75) is 142 Å². The zero-order valence-electron chi connectivity index (χ0n) is 33.1. The maximum absolute atomic E-state index is 12.2. The van der Waals surface area contributed by atoms with Gasteiger partial charge in [0, 0.05) is 55.8 Å². The van der Waals surface area contributed by atoms with Crippen LogP contribution in [0.4, 0.5) is 9.59 Å². The Morgan fingerprint density at radius 3 is 1.54 bits per heavy atom. The molecule has 0 radical (unpaired) electrons. The maximum atomic E-state index is 12.2. The largest absolute Gasteiger partial charge is 0.494 e. The van der Waals surface area contributed by atoms with Gasteiger partial charge in [-0.05, 0) is 124 Å². The second-order valence-corrected chi connectivity index (χ2v) is 18.1. The van der Waals surface area contributed by atoms with E-state index in [9.17, 15) is 9.59 Å². The first kappa shape index (κ1) is 42.1. The van der Waals surface area contributed by atoms with Gasteiger partial charge >= 0.3 is 19.3 Å². The van der Waals surface area contributed by atoms with E-state index in [1.165, 1.54) is 11.1 Å². The van der Waals surface area contributed by atoms with Crippen LogP contribution in [0, 0.1) is 0 Å². The van der Waals surface area contributed by atoms with Crippen molar-refractivity contribution in [3.63, 3.8) is 0 Å². The smallest absolute Gasteiger partial charge is 0.444 e. The lowest BCUT2D eigenvalue weighted by Crippen LogP contribution is -2.46. The van der Waals surface area contributed by atoms with Gasteiger partial charge in [0.25, 0.3) is 0 Å². The lowest BCUT2D eigenvalue weighted by molar-refractivity contribution is 0.00578. The molecule has 288 valence electrons. The molecule has 0 spiro atoms. The molecule has 0 bridgehead atoms. The topological polar surface area (TPSA) is 102 Å². The van der Waals surface area contributed by atoms with Crippen molar-refractivity contribution < 1.29 is 28.4 Å². The molecule has 3 aliphatic rings. The monoisotopic (exact) mass is 784 g/mol. The minimum atomic E-state index is -0.450. The van der Waals surface area contributed by atoms with E-state index in [1.54, 1.807) is 0 Å². The first-order valence-corrected chi connectivity index (χ1v) is 19.6. The number of nitrogens with zero attached hydrogens (tertiary/aromatic N) is 2. The maximum Gasteiger partial charge on any atom is 0.494 e. The van der Waals surface area contributed by atoms with Crippen LogP contribution in [-0.2, 0) is 31.9 Å². The van der Waals surface area contributed by atoms with Gasteiger partial charge in [-0.1, -0.05) is 52.3 Å². The van der Waals surface area contributed by atoms with Crippen molar-refractivity contribution in [1.29, 1.82) is 0 Å². The fourth-order valence-electron chi connectivity index (χ4n) is 6.19. The molecule has 12 heteroatoms. The molecule has 52 heavy (non-hydrogen) atoms. The summed E-state index contributed by atoms with van der Waals surface area (Å²) >= 11 is 3.49. The molecule has 0 atom stereocenters. The van der Waals surface area contributed by atoms with Crippen LogP contribution in [0.2, 0.25) is 0 Å². The van der Waals surface area contributed by atoms with E-state index in [0.29, 0.717) is 12.1 Å². The average molecular weight is 786 g/mol. The third kappa shape index (κ3) is 13.0. The normalized spacial score (nSPS) is 19.6. The SMILES string of the molecule is CC(C)(C)OC(=O)N1CCC(NCc2cccc(B3OC(C)(C)C(C)(C)O3)c2)CC1.CC(C)(C)OC(=O)N1CCC(NCc2cccc(Br)c2)CC1. The van der Waals surface area contributed by atoms with Gasteiger partial charge in [0.2, 0.25) is 0 Å². The Morgan fingerprint density at radius 1 is 0.731 bits per heavy atom. The zero-order valence-corrected chi connectivity index (χ0v) is 34.7. The number of carbonyl (C=O) groups excluding carboxylic acids is 2. The van der Waals surface area contributed by atoms with Crippen molar-refractivity contribution >= 4 is 40.7 Å². The highest BCUT2D eigenvalue weighted by molar-refractivity contribution is 9.10. The molecule has 0 aliphatic carbocycles. The summed E-state index contributed by atoms with van der Waals surface area (Å²) in [4.78, 5) is 27.8. The van der Waals surface area contributed by atoms with Gasteiger partial charge < -0.3 is 39.2 Å². The van der Waals surface area contributed by atoms with Crippen LogP contribution in [0.15, 0.2) is 53.0 Å². The summed E-state index contributed by atoms with van der Waals surface area (Å²) in [5.74, 6) is 0. The predicted molar refractivity (Wildman–Crippen MR) is 212 cm³/mol. The van der Waals surface area contributed by atoms with E-state index >= 15 is 0 Å². The Hall–Kier alpha value is -2.64. The lowest BCUT2D eigenvalue weighted by atomic mass is 9.78. The third-order valence-corrected chi connectivity index (χ3v) is 10.3. The summed E-state index contributed by atoms with van der Waals surface area (Å²) in [7, 11) is -0.341. The lowest BCUT2D eigenvalue weighted by Gasteiger charge is -2.33. The van der Waals surface area contributed by atoms with Crippen LogP contribution >= 0.6 is 15.9 Å². The van der Waals surface area contributed by atoms with Crippen LogP contribution in [0.5, 0.6) is 0 Å². The Morgan fingerprint density at radius 2 is 1.13 bits per heavy atom. The Labute approximate surface area is 321 Å². The number of hydrogen-bond acceptors (Lipinski definition) is 8. The van der Waals surface area contributed by atoms with Crippen molar-refractivity contribution in [3.8, 4) is 0 Å². The predicted octanol–water partition coefficient (Wildman–Crippen LogP) is 7.41. The molecule has 5 rings (SSSR count). The number of ether oxygens (including phenoxy) is 2. The molecule has 0 saturated carbocycles. The minimum Gasteiger partial charge on any atom is -0.444 e. The second-order valence-electron chi connectivity index (χ2n) is 17.2. The van der Waals surface area contributed by atoms with Gasteiger partial charge in [0.05, 0.1) is 11.2 Å². The quantitative estimate of drug-likeness (QED) is 0.280. The molecule has 3 saturated heterocycles. The summed E-state index contributed by atoms with van der Waals surface area (Å²) in [5, 5.41) is 7.21. The molecule has 2 aromatic carbocycles. The molecule has 0 aromatic heterocycles. The molecule has 0 unspecified atom stereocenters.